The molecule has 2 aromatic rings. The minimum Gasteiger partial charge on any atom is -0.454 e. The summed E-state index contributed by atoms with van der Waals surface area (Å²) in [6.07, 6.45) is 0. The topological polar surface area (TPSA) is 101 Å². The van der Waals surface area contributed by atoms with E-state index in [2.05, 4.69) is 15.4 Å². The van der Waals surface area contributed by atoms with E-state index < -0.39 is 0 Å². The zero-order chi connectivity index (χ0) is 14.7. The van der Waals surface area contributed by atoms with E-state index in [4.69, 9.17) is 24.8 Å². The Labute approximate surface area is 120 Å². The Balaban J connectivity index is 1.85. The van der Waals surface area contributed by atoms with Crippen molar-refractivity contribution >= 4 is 5.82 Å². The zero-order valence-corrected chi connectivity index (χ0v) is 11.3. The molecule has 1 aromatic carbocycles. The van der Waals surface area contributed by atoms with Crippen LogP contribution in [-0.2, 0) is 11.3 Å². The Hall–Kier alpha value is -2.58. The number of nitrogens with zero attached hydrogens (tertiary/aromatic N) is 2. The summed E-state index contributed by atoms with van der Waals surface area (Å²) in [6, 6.07) is 6.86. The van der Waals surface area contributed by atoms with Crippen LogP contribution in [0, 0.1) is 0 Å². The first kappa shape index (κ1) is 13.4. The molecule has 2 heterocycles. The summed E-state index contributed by atoms with van der Waals surface area (Å²) >= 11 is 0. The van der Waals surface area contributed by atoms with Gasteiger partial charge >= 0.3 is 0 Å². The third-order valence-electron chi connectivity index (χ3n) is 2.74. The van der Waals surface area contributed by atoms with Gasteiger partial charge in [-0.05, 0) is 12.1 Å². The van der Waals surface area contributed by atoms with Crippen molar-refractivity contribution in [1.82, 2.24) is 9.97 Å². The van der Waals surface area contributed by atoms with Crippen molar-refractivity contribution in [3.8, 4) is 23.1 Å². The Morgan fingerprint density at radius 2 is 2.10 bits per heavy atom. The third kappa shape index (κ3) is 2.96. The monoisotopic (exact) mass is 290 g/mol. The van der Waals surface area contributed by atoms with Crippen molar-refractivity contribution in [2.45, 2.75) is 6.61 Å². The fraction of sp³-hybridized carbons (Fsp3) is 0.231. The summed E-state index contributed by atoms with van der Waals surface area (Å²) < 4.78 is 21.2. The molecule has 1 aliphatic rings. The molecule has 0 amide bonds. The minimum absolute atomic E-state index is 0.214. The zero-order valence-electron chi connectivity index (χ0n) is 11.3. The van der Waals surface area contributed by atoms with Crippen molar-refractivity contribution in [3.63, 3.8) is 0 Å². The van der Waals surface area contributed by atoms with Crippen molar-refractivity contribution in [2.24, 2.45) is 5.84 Å². The average Bonchev–Trinajstić information content (AvgIpc) is 2.95. The number of ether oxygens (including phenoxy) is 4. The molecule has 8 heteroatoms. The molecule has 0 aliphatic carbocycles. The first-order valence-corrected chi connectivity index (χ1v) is 6.19. The molecule has 1 aromatic heterocycles. The van der Waals surface area contributed by atoms with Gasteiger partial charge in [0.25, 0.3) is 0 Å². The number of nitrogen functional groups attached to an aromatic ring is 1. The van der Waals surface area contributed by atoms with Crippen LogP contribution in [0.5, 0.6) is 23.1 Å². The standard InChI is InChI=1S/C13H14N4O4/c1-18-6-12-15-11(17-14)5-13(16-12)21-8-2-3-9-10(4-8)20-7-19-9/h2-5H,6-7,14H2,1H3,(H,15,16,17). The summed E-state index contributed by atoms with van der Waals surface area (Å²) in [4.78, 5) is 8.38. The van der Waals surface area contributed by atoms with Crippen molar-refractivity contribution < 1.29 is 18.9 Å². The lowest BCUT2D eigenvalue weighted by Crippen LogP contribution is -2.11. The van der Waals surface area contributed by atoms with Crippen LogP contribution < -0.4 is 25.5 Å². The molecule has 3 N–H and O–H groups in total. The van der Waals surface area contributed by atoms with Crippen LogP contribution in [0.15, 0.2) is 24.3 Å². The third-order valence-corrected chi connectivity index (χ3v) is 2.74. The summed E-state index contributed by atoms with van der Waals surface area (Å²) in [6.45, 7) is 0.471. The number of fused-ring (bicyclic) bond motifs is 1. The lowest BCUT2D eigenvalue weighted by Gasteiger charge is -2.09. The normalized spacial score (nSPS) is 12.3. The van der Waals surface area contributed by atoms with Gasteiger partial charge in [0.15, 0.2) is 17.3 Å². The van der Waals surface area contributed by atoms with E-state index in [-0.39, 0.29) is 13.4 Å². The van der Waals surface area contributed by atoms with Gasteiger partial charge in [0.1, 0.15) is 18.2 Å². The molecular weight excluding hydrogens is 276 g/mol. The second-order valence-corrected chi connectivity index (χ2v) is 4.20. The number of rotatable bonds is 5. The summed E-state index contributed by atoms with van der Waals surface area (Å²) in [7, 11) is 1.56. The molecule has 0 radical (unpaired) electrons. The van der Waals surface area contributed by atoms with Crippen LogP contribution in [0.2, 0.25) is 0 Å². The first-order chi connectivity index (χ1) is 10.3. The second kappa shape index (κ2) is 5.81. The van der Waals surface area contributed by atoms with Gasteiger partial charge in [0.05, 0.1) is 0 Å². The predicted molar refractivity (Wildman–Crippen MR) is 73.2 cm³/mol. The molecule has 8 nitrogen and oxygen atoms in total. The van der Waals surface area contributed by atoms with Gasteiger partial charge in [-0.15, -0.1) is 0 Å². The molecule has 0 spiro atoms. The van der Waals surface area contributed by atoms with Gasteiger partial charge in [-0.2, -0.15) is 4.98 Å². The molecule has 0 bridgehead atoms. The number of nitrogens with one attached hydrogen (secondary N) is 1. The van der Waals surface area contributed by atoms with Gasteiger partial charge < -0.3 is 24.4 Å². The van der Waals surface area contributed by atoms with Crippen molar-refractivity contribution in [1.29, 1.82) is 0 Å². The molecule has 21 heavy (non-hydrogen) atoms. The Morgan fingerprint density at radius 1 is 1.24 bits per heavy atom. The minimum atomic E-state index is 0.214. The lowest BCUT2D eigenvalue weighted by atomic mass is 10.3. The highest BCUT2D eigenvalue weighted by molar-refractivity contribution is 5.48. The van der Waals surface area contributed by atoms with Crippen molar-refractivity contribution in [3.05, 3.63) is 30.1 Å². The van der Waals surface area contributed by atoms with Crippen LogP contribution in [0.3, 0.4) is 0 Å². The molecule has 0 unspecified atom stereocenters. The Kier molecular flexibility index (Phi) is 3.71. The number of benzene rings is 1. The molecule has 0 saturated heterocycles. The predicted octanol–water partition coefficient (Wildman–Crippen LogP) is 1.43. The molecule has 0 saturated carbocycles. The van der Waals surface area contributed by atoms with Crippen LogP contribution in [-0.4, -0.2) is 23.9 Å². The van der Waals surface area contributed by atoms with Crippen LogP contribution >= 0.6 is 0 Å². The quantitative estimate of drug-likeness (QED) is 0.630. The summed E-state index contributed by atoms with van der Waals surface area (Å²) in [5, 5.41) is 0. The van der Waals surface area contributed by atoms with E-state index in [1.807, 2.05) is 0 Å². The average molecular weight is 290 g/mol. The largest absolute Gasteiger partial charge is 0.454 e. The van der Waals surface area contributed by atoms with Crippen LogP contribution in [0.25, 0.3) is 0 Å². The Bertz CT molecular complexity index is 650. The van der Waals surface area contributed by atoms with E-state index in [1.54, 1.807) is 31.4 Å². The number of hydrogen-bond acceptors (Lipinski definition) is 8. The summed E-state index contributed by atoms with van der Waals surface area (Å²) in [5.41, 5.74) is 2.46. The van der Waals surface area contributed by atoms with E-state index in [0.717, 1.165) is 0 Å². The van der Waals surface area contributed by atoms with Gasteiger partial charge in [-0.25, -0.2) is 10.8 Å². The molecule has 0 fully saturated rings. The number of aromatic nitrogens is 2. The number of anilines is 1. The van der Waals surface area contributed by atoms with Gasteiger partial charge in [0, 0.05) is 19.2 Å². The summed E-state index contributed by atoms with van der Waals surface area (Å²) in [5.74, 6) is 8.53. The molecule has 1 aliphatic heterocycles. The highest BCUT2D eigenvalue weighted by Gasteiger charge is 2.14. The maximum absolute atomic E-state index is 5.70. The fourth-order valence-electron chi connectivity index (χ4n) is 1.85. The highest BCUT2D eigenvalue weighted by Crippen LogP contribution is 2.36. The van der Waals surface area contributed by atoms with Gasteiger partial charge in [0.2, 0.25) is 12.7 Å². The lowest BCUT2D eigenvalue weighted by molar-refractivity contribution is 0.174. The SMILES string of the molecule is COCc1nc(NN)cc(Oc2ccc3c(c2)OCO3)n1. The van der Waals surface area contributed by atoms with E-state index >= 15 is 0 Å². The van der Waals surface area contributed by atoms with Crippen LogP contribution in [0.1, 0.15) is 5.82 Å². The number of hydrazine groups is 1. The second-order valence-electron chi connectivity index (χ2n) is 4.20. The maximum atomic E-state index is 5.70. The first-order valence-electron chi connectivity index (χ1n) is 6.19. The van der Waals surface area contributed by atoms with E-state index in [9.17, 15) is 0 Å². The highest BCUT2D eigenvalue weighted by atomic mass is 16.7. The number of nitrogens with two attached hydrogens (primary N) is 1. The Morgan fingerprint density at radius 3 is 2.90 bits per heavy atom. The number of hydrogen-bond donors (Lipinski definition) is 2. The number of methoxy groups -OCH3 is 1. The fourth-order valence-corrected chi connectivity index (χ4v) is 1.85. The van der Waals surface area contributed by atoms with E-state index in [1.165, 1.54) is 0 Å². The molecule has 3 rings (SSSR count). The van der Waals surface area contributed by atoms with Gasteiger partial charge in [-0.1, -0.05) is 0 Å². The van der Waals surface area contributed by atoms with Crippen LogP contribution in [0.4, 0.5) is 5.82 Å². The maximum Gasteiger partial charge on any atom is 0.231 e. The molecule has 110 valence electrons. The molecule has 0 atom stereocenters. The van der Waals surface area contributed by atoms with Gasteiger partial charge in [-0.3, -0.25) is 0 Å². The van der Waals surface area contributed by atoms with E-state index in [0.29, 0.717) is 34.8 Å². The smallest absolute Gasteiger partial charge is 0.231 e. The molecular formula is C13H14N4O4. The van der Waals surface area contributed by atoms with Crippen molar-refractivity contribution in [2.75, 3.05) is 19.3 Å².